The van der Waals surface area contributed by atoms with Gasteiger partial charge in [-0.25, -0.2) is 0 Å². The second-order valence-corrected chi connectivity index (χ2v) is 7.68. The van der Waals surface area contributed by atoms with Crippen LogP contribution in [0.3, 0.4) is 0 Å². The molecule has 0 aliphatic heterocycles. The van der Waals surface area contributed by atoms with Gasteiger partial charge in [-0.2, -0.15) is 0 Å². The van der Waals surface area contributed by atoms with Crippen LogP contribution in [0, 0.1) is 13.8 Å². The van der Waals surface area contributed by atoms with Crippen molar-refractivity contribution < 1.29 is 0 Å². The van der Waals surface area contributed by atoms with Gasteiger partial charge in [-0.15, -0.1) is 11.3 Å². The van der Waals surface area contributed by atoms with E-state index in [0.29, 0.717) is 0 Å². The summed E-state index contributed by atoms with van der Waals surface area (Å²) in [5.41, 5.74) is 10.4. The van der Waals surface area contributed by atoms with E-state index in [4.69, 9.17) is 5.73 Å². The molecule has 0 bridgehead atoms. The van der Waals surface area contributed by atoms with E-state index >= 15 is 0 Å². The Balaban J connectivity index is 2.30. The molecule has 102 valence electrons. The molecule has 2 N–H and O–H groups in total. The van der Waals surface area contributed by atoms with Crippen molar-refractivity contribution in [1.29, 1.82) is 0 Å². The zero-order valence-electron chi connectivity index (χ0n) is 12.4. The zero-order valence-corrected chi connectivity index (χ0v) is 13.3. The monoisotopic (exact) mass is 273 g/mol. The largest absolute Gasteiger partial charge is 0.320 e. The minimum Gasteiger partial charge on any atom is -0.320 e. The zero-order chi connectivity index (χ0) is 14.2. The summed E-state index contributed by atoms with van der Waals surface area (Å²) in [6.07, 6.45) is 0. The van der Waals surface area contributed by atoms with Crippen LogP contribution in [0.1, 0.15) is 53.3 Å². The second kappa shape index (κ2) is 5.10. The molecule has 0 aliphatic rings. The Morgan fingerprint density at radius 1 is 1.05 bits per heavy atom. The number of aryl methyl sites for hydroxylation is 2. The van der Waals surface area contributed by atoms with Crippen molar-refractivity contribution >= 4 is 11.3 Å². The van der Waals surface area contributed by atoms with Crippen LogP contribution >= 0.6 is 11.3 Å². The molecule has 0 spiro atoms. The SMILES string of the molecule is Cc1cc(C(N)c2ccc(C(C)(C)C)cc2)c(C)s1. The van der Waals surface area contributed by atoms with E-state index in [-0.39, 0.29) is 11.5 Å². The minimum atomic E-state index is -0.0148. The molecular formula is C17H23NS. The predicted molar refractivity (Wildman–Crippen MR) is 85.0 cm³/mol. The maximum absolute atomic E-state index is 6.40. The van der Waals surface area contributed by atoms with Crippen molar-refractivity contribution in [3.63, 3.8) is 0 Å². The highest BCUT2D eigenvalue weighted by molar-refractivity contribution is 7.12. The van der Waals surface area contributed by atoms with Crippen LogP contribution in [0.2, 0.25) is 0 Å². The number of hydrogen-bond acceptors (Lipinski definition) is 2. The Labute approximate surface area is 120 Å². The summed E-state index contributed by atoms with van der Waals surface area (Å²) in [6.45, 7) is 11.0. The van der Waals surface area contributed by atoms with Gasteiger partial charge in [0.05, 0.1) is 6.04 Å². The van der Waals surface area contributed by atoms with Crippen molar-refractivity contribution in [2.45, 2.75) is 46.1 Å². The first-order chi connectivity index (χ1) is 8.79. The standard InChI is InChI=1S/C17H23NS/c1-11-10-15(12(2)19-11)16(18)13-6-8-14(9-7-13)17(3,4)5/h6-10,16H,18H2,1-5H3. The molecule has 0 saturated heterocycles. The van der Waals surface area contributed by atoms with Crippen molar-refractivity contribution in [3.05, 3.63) is 56.8 Å². The molecule has 1 aromatic heterocycles. The molecule has 1 atom stereocenters. The summed E-state index contributed by atoms with van der Waals surface area (Å²) in [7, 11) is 0. The molecule has 19 heavy (non-hydrogen) atoms. The summed E-state index contributed by atoms with van der Waals surface area (Å²) in [5.74, 6) is 0. The van der Waals surface area contributed by atoms with Crippen molar-refractivity contribution in [1.82, 2.24) is 0 Å². The smallest absolute Gasteiger partial charge is 0.0562 e. The van der Waals surface area contributed by atoms with Crippen molar-refractivity contribution in [2.75, 3.05) is 0 Å². The number of hydrogen-bond donors (Lipinski definition) is 1. The molecule has 1 unspecified atom stereocenters. The quantitative estimate of drug-likeness (QED) is 0.842. The molecule has 0 fully saturated rings. The normalized spacial score (nSPS) is 13.6. The van der Waals surface area contributed by atoms with Gasteiger partial charge in [0.25, 0.3) is 0 Å². The maximum atomic E-state index is 6.40. The van der Waals surface area contributed by atoms with Gasteiger partial charge in [0, 0.05) is 9.75 Å². The molecule has 1 aromatic carbocycles. The van der Waals surface area contributed by atoms with Crippen molar-refractivity contribution in [2.24, 2.45) is 5.73 Å². The summed E-state index contributed by atoms with van der Waals surface area (Å²) < 4.78 is 0. The van der Waals surface area contributed by atoms with Crippen LogP contribution in [0.4, 0.5) is 0 Å². The topological polar surface area (TPSA) is 26.0 Å². The molecule has 2 aromatic rings. The van der Waals surface area contributed by atoms with Gasteiger partial charge in [-0.05, 0) is 42.0 Å². The van der Waals surface area contributed by atoms with E-state index in [2.05, 4.69) is 65.0 Å². The van der Waals surface area contributed by atoms with E-state index in [9.17, 15) is 0 Å². The Hall–Kier alpha value is -1.12. The first kappa shape index (κ1) is 14.3. The lowest BCUT2D eigenvalue weighted by Gasteiger charge is -2.20. The third kappa shape index (κ3) is 3.07. The number of benzene rings is 1. The molecule has 2 heteroatoms. The van der Waals surface area contributed by atoms with Gasteiger partial charge in [0.2, 0.25) is 0 Å². The average molecular weight is 273 g/mol. The molecule has 1 heterocycles. The van der Waals surface area contributed by atoms with Crippen LogP contribution in [-0.2, 0) is 5.41 Å². The summed E-state index contributed by atoms with van der Waals surface area (Å²) >= 11 is 1.82. The third-order valence-corrected chi connectivity index (χ3v) is 4.53. The molecule has 2 rings (SSSR count). The molecule has 0 aliphatic carbocycles. The first-order valence-electron chi connectivity index (χ1n) is 6.72. The van der Waals surface area contributed by atoms with Gasteiger partial charge >= 0.3 is 0 Å². The van der Waals surface area contributed by atoms with Gasteiger partial charge in [0.1, 0.15) is 0 Å². The van der Waals surface area contributed by atoms with Gasteiger partial charge in [-0.3, -0.25) is 0 Å². The van der Waals surface area contributed by atoms with E-state index in [1.165, 1.54) is 26.4 Å². The van der Waals surface area contributed by atoms with Crippen LogP contribution in [0.5, 0.6) is 0 Å². The van der Waals surface area contributed by atoms with E-state index in [1.807, 2.05) is 11.3 Å². The Morgan fingerprint density at radius 3 is 2.05 bits per heavy atom. The summed E-state index contributed by atoms with van der Waals surface area (Å²) in [6, 6.07) is 10.9. The van der Waals surface area contributed by atoms with Crippen LogP contribution in [-0.4, -0.2) is 0 Å². The van der Waals surface area contributed by atoms with Crippen LogP contribution in [0.15, 0.2) is 30.3 Å². The van der Waals surface area contributed by atoms with Gasteiger partial charge < -0.3 is 5.73 Å². The lowest BCUT2D eigenvalue weighted by atomic mass is 9.86. The van der Waals surface area contributed by atoms with Gasteiger partial charge in [0.15, 0.2) is 0 Å². The number of rotatable bonds is 2. The lowest BCUT2D eigenvalue weighted by molar-refractivity contribution is 0.589. The van der Waals surface area contributed by atoms with Gasteiger partial charge in [-0.1, -0.05) is 45.0 Å². The Bertz CT molecular complexity index is 558. The fourth-order valence-electron chi connectivity index (χ4n) is 2.33. The third-order valence-electron chi connectivity index (χ3n) is 3.55. The fraction of sp³-hybridized carbons (Fsp3) is 0.412. The Morgan fingerprint density at radius 2 is 1.63 bits per heavy atom. The minimum absolute atomic E-state index is 0.0148. The van der Waals surface area contributed by atoms with Crippen LogP contribution in [0.25, 0.3) is 0 Å². The molecule has 0 saturated carbocycles. The molecule has 1 nitrogen and oxygen atoms in total. The molecule has 0 amide bonds. The highest BCUT2D eigenvalue weighted by Crippen LogP contribution is 2.30. The lowest BCUT2D eigenvalue weighted by Crippen LogP contribution is -2.14. The maximum Gasteiger partial charge on any atom is 0.0562 e. The Kier molecular flexibility index (Phi) is 3.84. The fourth-order valence-corrected chi connectivity index (χ4v) is 3.30. The number of nitrogens with two attached hydrogens (primary N) is 1. The summed E-state index contributed by atoms with van der Waals surface area (Å²) in [5, 5.41) is 0. The van der Waals surface area contributed by atoms with E-state index in [1.54, 1.807) is 0 Å². The molecular weight excluding hydrogens is 250 g/mol. The second-order valence-electron chi connectivity index (χ2n) is 6.22. The predicted octanol–water partition coefficient (Wildman–Crippen LogP) is 4.71. The number of thiophene rings is 1. The first-order valence-corrected chi connectivity index (χ1v) is 7.53. The highest BCUT2D eigenvalue weighted by Gasteiger charge is 2.16. The van der Waals surface area contributed by atoms with Crippen LogP contribution < -0.4 is 5.73 Å². The van der Waals surface area contributed by atoms with E-state index in [0.717, 1.165) is 0 Å². The highest BCUT2D eigenvalue weighted by atomic mass is 32.1. The van der Waals surface area contributed by atoms with Crippen molar-refractivity contribution in [3.8, 4) is 0 Å². The average Bonchev–Trinajstić information content (AvgIpc) is 2.66. The van der Waals surface area contributed by atoms with E-state index < -0.39 is 0 Å². The summed E-state index contributed by atoms with van der Waals surface area (Å²) in [4.78, 5) is 2.65. The molecule has 0 radical (unpaired) electrons.